The first-order chi connectivity index (χ1) is 4.34. The quantitative estimate of drug-likeness (QED) is 0.553. The maximum absolute atomic E-state index is 2.45. The van der Waals surface area contributed by atoms with Crippen LogP contribution in [0.1, 0.15) is 19.3 Å². The van der Waals surface area contributed by atoms with E-state index >= 15 is 0 Å². The smallest absolute Gasteiger partial charge is 0.0551 e. The summed E-state index contributed by atoms with van der Waals surface area (Å²) in [6.07, 6.45) is 6.41. The van der Waals surface area contributed by atoms with Crippen LogP contribution in [-0.4, -0.2) is 30.1 Å². The molecule has 9 heavy (non-hydrogen) atoms. The van der Waals surface area contributed by atoms with Gasteiger partial charge in [0.1, 0.15) is 0 Å². The minimum absolute atomic E-state index is 0.804. The molecule has 0 saturated carbocycles. The molecular weight excluding hydrogens is 130 g/mol. The second-order valence-electron chi connectivity index (χ2n) is 2.67. The van der Waals surface area contributed by atoms with E-state index in [9.17, 15) is 0 Å². The van der Waals surface area contributed by atoms with Gasteiger partial charge in [-0.2, -0.15) is 0 Å². The molecule has 0 amide bonds. The number of hydrogen-bond donors (Lipinski definition) is 0. The van der Waals surface area contributed by atoms with Gasteiger partial charge in [0.25, 0.3) is 0 Å². The lowest BCUT2D eigenvalue weighted by molar-refractivity contribution is 0.252. The monoisotopic (exact) mass is 145 g/mol. The number of nitrogens with zero attached hydrogens (tertiary/aromatic N) is 1. The highest BCUT2D eigenvalue weighted by molar-refractivity contribution is 7.99. The van der Waals surface area contributed by atoms with E-state index in [0.717, 1.165) is 5.37 Å². The average Bonchev–Trinajstić information content (AvgIpc) is 1.89. The van der Waals surface area contributed by atoms with Crippen molar-refractivity contribution in [2.24, 2.45) is 0 Å². The largest absolute Gasteiger partial charge is 0.295 e. The summed E-state index contributed by atoms with van der Waals surface area (Å²) < 4.78 is 0. The Labute approximate surface area is 61.8 Å². The van der Waals surface area contributed by atoms with Crippen LogP contribution in [-0.2, 0) is 0 Å². The maximum atomic E-state index is 2.45. The normalized spacial score (nSPS) is 30.7. The van der Waals surface area contributed by atoms with E-state index in [2.05, 4.69) is 18.2 Å². The number of thioether (sulfide) groups is 1. The van der Waals surface area contributed by atoms with Crippen molar-refractivity contribution in [1.82, 2.24) is 4.90 Å². The molecule has 0 aromatic carbocycles. The summed E-state index contributed by atoms with van der Waals surface area (Å²) in [5, 5.41) is 0.804. The maximum Gasteiger partial charge on any atom is 0.0551 e. The van der Waals surface area contributed by atoms with Crippen LogP contribution >= 0.6 is 11.8 Å². The fourth-order valence-electron chi connectivity index (χ4n) is 1.34. The van der Waals surface area contributed by atoms with Gasteiger partial charge in [-0.25, -0.2) is 0 Å². The SMILES string of the molecule is CS[C@@H]1CCCCN1C. The molecule has 1 fully saturated rings. The predicted octanol–water partition coefficient (Wildman–Crippen LogP) is 1.79. The lowest BCUT2D eigenvalue weighted by Gasteiger charge is -2.30. The standard InChI is InChI=1S/C7H15NS/c1-8-6-4-3-5-7(8)9-2/h7H,3-6H2,1-2H3/t7-/m1/s1. The fraction of sp³-hybridized carbons (Fsp3) is 1.00. The van der Waals surface area contributed by atoms with E-state index in [1.54, 1.807) is 0 Å². The van der Waals surface area contributed by atoms with Gasteiger partial charge in [0.05, 0.1) is 5.37 Å². The number of hydrogen-bond acceptors (Lipinski definition) is 2. The molecule has 1 nitrogen and oxygen atoms in total. The van der Waals surface area contributed by atoms with Gasteiger partial charge in [-0.3, -0.25) is 4.90 Å². The van der Waals surface area contributed by atoms with Gasteiger partial charge in [0.15, 0.2) is 0 Å². The van der Waals surface area contributed by atoms with Crippen molar-refractivity contribution in [2.75, 3.05) is 19.8 Å². The molecule has 1 aliphatic rings. The molecule has 1 rings (SSSR count). The van der Waals surface area contributed by atoms with Gasteiger partial charge in [-0.1, -0.05) is 0 Å². The topological polar surface area (TPSA) is 3.24 Å². The first kappa shape index (κ1) is 7.42. The minimum atomic E-state index is 0.804. The molecular formula is C7H15NS. The Morgan fingerprint density at radius 3 is 2.67 bits per heavy atom. The van der Waals surface area contributed by atoms with Crippen LogP contribution in [0.5, 0.6) is 0 Å². The predicted molar refractivity (Wildman–Crippen MR) is 43.8 cm³/mol. The summed E-state index contributed by atoms with van der Waals surface area (Å²) in [6.45, 7) is 1.30. The Hall–Kier alpha value is 0.310. The number of piperidine rings is 1. The van der Waals surface area contributed by atoms with Crippen LogP contribution in [0.15, 0.2) is 0 Å². The summed E-state index contributed by atoms with van der Waals surface area (Å²) in [4.78, 5) is 2.45. The van der Waals surface area contributed by atoms with Crippen LogP contribution in [0.25, 0.3) is 0 Å². The molecule has 1 saturated heterocycles. The molecule has 0 N–H and O–H groups in total. The van der Waals surface area contributed by atoms with Crippen LogP contribution in [0.2, 0.25) is 0 Å². The summed E-state index contributed by atoms with van der Waals surface area (Å²) in [5.74, 6) is 0. The van der Waals surface area contributed by atoms with Crippen LogP contribution in [0.3, 0.4) is 0 Å². The van der Waals surface area contributed by atoms with Crippen molar-refractivity contribution >= 4 is 11.8 Å². The molecule has 1 aliphatic heterocycles. The van der Waals surface area contributed by atoms with Crippen molar-refractivity contribution in [1.29, 1.82) is 0 Å². The zero-order valence-electron chi connectivity index (χ0n) is 6.26. The van der Waals surface area contributed by atoms with Crippen molar-refractivity contribution in [3.8, 4) is 0 Å². The lowest BCUT2D eigenvalue weighted by Crippen LogP contribution is -2.33. The summed E-state index contributed by atoms with van der Waals surface area (Å²) in [7, 11) is 2.22. The molecule has 1 atom stereocenters. The van der Waals surface area contributed by atoms with Gasteiger partial charge in [-0.05, 0) is 39.1 Å². The van der Waals surface area contributed by atoms with E-state index in [-0.39, 0.29) is 0 Å². The van der Waals surface area contributed by atoms with E-state index in [1.807, 2.05) is 11.8 Å². The molecule has 0 bridgehead atoms. The second-order valence-corrected chi connectivity index (χ2v) is 3.68. The zero-order valence-corrected chi connectivity index (χ0v) is 7.08. The van der Waals surface area contributed by atoms with Crippen LogP contribution < -0.4 is 0 Å². The first-order valence-electron chi connectivity index (χ1n) is 3.57. The highest BCUT2D eigenvalue weighted by Gasteiger charge is 2.16. The molecule has 0 aromatic rings. The Kier molecular flexibility index (Phi) is 2.86. The summed E-state index contributed by atoms with van der Waals surface area (Å²) in [6, 6.07) is 0. The third kappa shape index (κ3) is 1.87. The Balaban J connectivity index is 2.30. The Morgan fingerprint density at radius 2 is 2.22 bits per heavy atom. The van der Waals surface area contributed by atoms with Crippen molar-refractivity contribution < 1.29 is 0 Å². The molecule has 1 heterocycles. The molecule has 0 spiro atoms. The van der Waals surface area contributed by atoms with E-state index < -0.39 is 0 Å². The van der Waals surface area contributed by atoms with Gasteiger partial charge >= 0.3 is 0 Å². The van der Waals surface area contributed by atoms with Crippen LogP contribution in [0, 0.1) is 0 Å². The second kappa shape index (κ2) is 3.47. The highest BCUT2D eigenvalue weighted by Crippen LogP contribution is 2.22. The van der Waals surface area contributed by atoms with E-state index in [4.69, 9.17) is 0 Å². The van der Waals surface area contributed by atoms with E-state index in [1.165, 1.54) is 25.8 Å². The summed E-state index contributed by atoms with van der Waals surface area (Å²) >= 11 is 1.98. The van der Waals surface area contributed by atoms with Gasteiger partial charge in [0, 0.05) is 0 Å². The number of likely N-dealkylation sites (tertiary alicyclic amines) is 1. The zero-order chi connectivity index (χ0) is 6.69. The minimum Gasteiger partial charge on any atom is -0.295 e. The molecule has 0 aromatic heterocycles. The van der Waals surface area contributed by atoms with Crippen molar-refractivity contribution in [2.45, 2.75) is 24.6 Å². The summed E-state index contributed by atoms with van der Waals surface area (Å²) in [5.41, 5.74) is 0. The molecule has 54 valence electrons. The van der Waals surface area contributed by atoms with Gasteiger partial charge in [-0.15, -0.1) is 11.8 Å². The van der Waals surface area contributed by atoms with E-state index in [0.29, 0.717) is 0 Å². The number of rotatable bonds is 1. The van der Waals surface area contributed by atoms with Crippen LogP contribution in [0.4, 0.5) is 0 Å². The van der Waals surface area contributed by atoms with Gasteiger partial charge < -0.3 is 0 Å². The molecule has 0 aliphatic carbocycles. The van der Waals surface area contributed by atoms with Crippen molar-refractivity contribution in [3.63, 3.8) is 0 Å². The molecule has 0 unspecified atom stereocenters. The Bertz CT molecular complexity index is 85.0. The fourth-order valence-corrected chi connectivity index (χ4v) is 2.21. The molecule has 2 heteroatoms. The van der Waals surface area contributed by atoms with Crippen molar-refractivity contribution in [3.05, 3.63) is 0 Å². The van der Waals surface area contributed by atoms with Gasteiger partial charge in [0.2, 0.25) is 0 Å². The average molecular weight is 145 g/mol. The first-order valence-corrected chi connectivity index (χ1v) is 4.86. The molecule has 0 radical (unpaired) electrons. The third-order valence-electron chi connectivity index (χ3n) is 1.98. The third-order valence-corrected chi connectivity index (χ3v) is 3.12. The Morgan fingerprint density at radius 1 is 1.44 bits per heavy atom. The highest BCUT2D eigenvalue weighted by atomic mass is 32.2. The lowest BCUT2D eigenvalue weighted by atomic mass is 10.1.